The summed E-state index contributed by atoms with van der Waals surface area (Å²) in [5.74, 6) is -2.07. The molecule has 9 nitrogen and oxygen atoms in total. The van der Waals surface area contributed by atoms with Crippen LogP contribution >= 0.6 is 0 Å². The van der Waals surface area contributed by atoms with E-state index in [-0.39, 0.29) is 0 Å². The molecule has 0 aromatic rings. The Balaban J connectivity index is 2.62. The molecule has 1 rings (SSSR count). The van der Waals surface area contributed by atoms with E-state index in [2.05, 4.69) is 25.5 Å². The first-order valence-corrected chi connectivity index (χ1v) is 2.09. The van der Waals surface area contributed by atoms with Crippen molar-refractivity contribution in [2.24, 2.45) is 26.4 Å². The zero-order valence-electron chi connectivity index (χ0n) is 4.54. The molecule has 1 heterocycles. The van der Waals surface area contributed by atoms with Crippen LogP contribution in [0.3, 0.4) is 0 Å². The molecular weight excluding hydrogens is 144 g/mol. The van der Waals surface area contributed by atoms with Gasteiger partial charge in [0.05, 0.1) is 0 Å². The minimum absolute atomic E-state index is 1.12. The van der Waals surface area contributed by atoms with E-state index in [4.69, 9.17) is 5.73 Å². The van der Waals surface area contributed by atoms with Gasteiger partial charge in [-0.3, -0.25) is 5.73 Å². The van der Waals surface area contributed by atoms with Crippen LogP contribution in [-0.4, -0.2) is 11.1 Å². The summed E-state index contributed by atoms with van der Waals surface area (Å²) < 4.78 is 0. The Hall–Kier alpha value is -1.64. The summed E-state index contributed by atoms with van der Waals surface area (Å²) in [6.07, 6.45) is 0. The number of rotatable bonds is 2. The second-order valence-corrected chi connectivity index (χ2v) is 1.35. The third-order valence-corrected chi connectivity index (χ3v) is 0.625. The van der Waals surface area contributed by atoms with Crippen molar-refractivity contribution in [1.82, 2.24) is 0 Å². The van der Waals surface area contributed by atoms with Crippen molar-refractivity contribution in [3.05, 3.63) is 10.1 Å². The van der Waals surface area contributed by atoms with E-state index < -0.39 is 11.1 Å². The monoisotopic (exact) mass is 146 g/mol. The van der Waals surface area contributed by atoms with Gasteiger partial charge in [-0.05, 0) is 10.4 Å². The third kappa shape index (κ3) is 1.20. The van der Waals surface area contributed by atoms with Gasteiger partial charge in [0.25, 0.3) is 0 Å². The van der Waals surface area contributed by atoms with Crippen LogP contribution in [0.2, 0.25) is 0 Å². The van der Waals surface area contributed by atoms with E-state index in [0.29, 0.717) is 0 Å². The van der Waals surface area contributed by atoms with Gasteiger partial charge in [-0.15, -0.1) is 10.1 Å². The van der Waals surface area contributed by atoms with Gasteiger partial charge in [0, 0.05) is 0 Å². The molecule has 10 heavy (non-hydrogen) atoms. The van der Waals surface area contributed by atoms with Crippen molar-refractivity contribution in [1.29, 1.82) is 0 Å². The van der Waals surface area contributed by atoms with Crippen LogP contribution in [0.1, 0.15) is 0 Å². The molecule has 0 bridgehead atoms. The van der Waals surface area contributed by atoms with Gasteiger partial charge in [-0.25, -0.2) is 4.84 Å². The van der Waals surface area contributed by atoms with Crippen LogP contribution in [0, 0.1) is 10.1 Å². The maximum Gasteiger partial charge on any atom is 0.395 e. The highest BCUT2D eigenvalue weighted by Gasteiger charge is 2.32. The Morgan fingerprint density at radius 2 is 2.00 bits per heavy atom. The topological polar surface area (TPSA) is 128 Å². The molecule has 0 saturated carbocycles. The van der Waals surface area contributed by atoms with Crippen molar-refractivity contribution in [2.45, 2.75) is 5.97 Å². The summed E-state index contributed by atoms with van der Waals surface area (Å²) in [5.41, 5.74) is 4.98. The normalized spacial score (nSPS) is 19.3. The van der Waals surface area contributed by atoms with E-state index in [1.54, 1.807) is 0 Å². The summed E-state index contributed by atoms with van der Waals surface area (Å²) in [4.78, 5) is 13.4. The highest BCUT2D eigenvalue weighted by molar-refractivity contribution is 4.61. The largest absolute Gasteiger partial charge is 0.395 e. The molecular formula is CH2N6O3. The lowest BCUT2D eigenvalue weighted by atomic mass is 10.8. The predicted molar refractivity (Wildman–Crippen MR) is 24.7 cm³/mol. The van der Waals surface area contributed by atoms with Gasteiger partial charge in [-0.2, -0.15) is 0 Å². The predicted octanol–water partition coefficient (Wildman–Crippen LogP) is -0.402. The average molecular weight is 146 g/mol. The van der Waals surface area contributed by atoms with Crippen LogP contribution in [0.15, 0.2) is 20.7 Å². The lowest BCUT2D eigenvalue weighted by Gasteiger charge is -2.07. The lowest BCUT2D eigenvalue weighted by molar-refractivity contribution is -0.780. The summed E-state index contributed by atoms with van der Waals surface area (Å²) in [6, 6.07) is 0. The zero-order valence-corrected chi connectivity index (χ0v) is 4.54. The van der Waals surface area contributed by atoms with Crippen LogP contribution in [-0.2, 0) is 4.84 Å². The van der Waals surface area contributed by atoms with Gasteiger partial charge in [0.15, 0.2) is 0 Å². The second kappa shape index (κ2) is 1.95. The standard InChI is InChI=1S/CH2N6O3/c2-1(10-7(8)9)3-5-6-4-1/h2H2. The van der Waals surface area contributed by atoms with E-state index in [0.717, 1.165) is 0 Å². The van der Waals surface area contributed by atoms with Gasteiger partial charge in [0.1, 0.15) is 0 Å². The maximum absolute atomic E-state index is 9.66. The molecule has 0 fully saturated rings. The van der Waals surface area contributed by atoms with Gasteiger partial charge < -0.3 is 0 Å². The van der Waals surface area contributed by atoms with Crippen molar-refractivity contribution in [2.75, 3.05) is 0 Å². The number of nitrogens with two attached hydrogens (primary N) is 1. The molecule has 0 spiro atoms. The minimum atomic E-state index is -2.07. The van der Waals surface area contributed by atoms with Crippen molar-refractivity contribution in [3.8, 4) is 0 Å². The van der Waals surface area contributed by atoms with Crippen molar-refractivity contribution < 1.29 is 9.92 Å². The highest BCUT2D eigenvalue weighted by atomic mass is 17.0. The first-order chi connectivity index (χ1) is 4.62. The Labute approximate surface area is 53.7 Å². The average Bonchev–Trinajstić information content (AvgIpc) is 2.12. The molecule has 54 valence electrons. The first kappa shape index (κ1) is 6.48. The molecule has 0 amide bonds. The number of nitrogens with zero attached hydrogens (tertiary/aromatic N) is 5. The molecule has 0 aliphatic carbocycles. The SMILES string of the molecule is NC1(O[N+](=O)[O-])N=NN=N1. The van der Waals surface area contributed by atoms with Gasteiger partial charge in [0.2, 0.25) is 0 Å². The quantitative estimate of drug-likeness (QED) is 0.322. The fraction of sp³-hybridized carbons (Fsp3) is 1.00. The summed E-state index contributed by atoms with van der Waals surface area (Å²) in [5, 5.41) is 20.4. The smallest absolute Gasteiger partial charge is 0.262 e. The molecule has 1 aliphatic rings. The van der Waals surface area contributed by atoms with Crippen molar-refractivity contribution in [3.63, 3.8) is 0 Å². The molecule has 9 heteroatoms. The lowest BCUT2D eigenvalue weighted by Crippen LogP contribution is -2.38. The van der Waals surface area contributed by atoms with E-state index in [1.165, 1.54) is 0 Å². The molecule has 1 aliphatic heterocycles. The van der Waals surface area contributed by atoms with Crippen LogP contribution in [0.5, 0.6) is 0 Å². The Morgan fingerprint density at radius 3 is 2.40 bits per heavy atom. The van der Waals surface area contributed by atoms with E-state index >= 15 is 0 Å². The molecule has 0 aromatic carbocycles. The molecule has 0 atom stereocenters. The second-order valence-electron chi connectivity index (χ2n) is 1.35. The molecule has 0 unspecified atom stereocenters. The van der Waals surface area contributed by atoms with E-state index in [9.17, 15) is 10.1 Å². The minimum Gasteiger partial charge on any atom is -0.262 e. The molecule has 0 aromatic heterocycles. The zero-order chi connectivity index (χ0) is 7.61. The Morgan fingerprint density at radius 1 is 1.50 bits per heavy atom. The Kier molecular flexibility index (Phi) is 1.26. The fourth-order valence-corrected chi connectivity index (χ4v) is 0.334. The Bertz CT molecular complexity index is 195. The van der Waals surface area contributed by atoms with Crippen molar-refractivity contribution >= 4 is 0 Å². The van der Waals surface area contributed by atoms with Gasteiger partial charge in [-0.1, -0.05) is 10.2 Å². The van der Waals surface area contributed by atoms with Gasteiger partial charge >= 0.3 is 11.1 Å². The highest BCUT2D eigenvalue weighted by Crippen LogP contribution is 2.14. The summed E-state index contributed by atoms with van der Waals surface area (Å²) in [7, 11) is 0. The molecule has 2 N–H and O–H groups in total. The third-order valence-electron chi connectivity index (χ3n) is 0.625. The van der Waals surface area contributed by atoms with Crippen LogP contribution < -0.4 is 5.73 Å². The molecule has 0 radical (unpaired) electrons. The van der Waals surface area contributed by atoms with Crippen LogP contribution in [0.25, 0.3) is 0 Å². The summed E-state index contributed by atoms with van der Waals surface area (Å²) in [6.45, 7) is 0. The van der Waals surface area contributed by atoms with Crippen LogP contribution in [0.4, 0.5) is 0 Å². The number of hydrogen-bond donors (Lipinski definition) is 1. The number of hydrogen-bond acceptors (Lipinski definition) is 8. The fourth-order valence-electron chi connectivity index (χ4n) is 0.334. The van der Waals surface area contributed by atoms with E-state index in [1.807, 2.05) is 0 Å². The summed E-state index contributed by atoms with van der Waals surface area (Å²) >= 11 is 0. The maximum atomic E-state index is 9.66. The molecule has 0 saturated heterocycles. The first-order valence-electron chi connectivity index (χ1n) is 2.09.